The molecule has 0 fully saturated rings. The summed E-state index contributed by atoms with van der Waals surface area (Å²) in [6.07, 6.45) is -24.0. The summed E-state index contributed by atoms with van der Waals surface area (Å²) in [6, 6.07) is 0. The largest absolute Gasteiger partial charge is 0.549 e. The summed E-state index contributed by atoms with van der Waals surface area (Å²) in [7, 11) is 0. The first-order chi connectivity index (χ1) is 10.4. The molecule has 0 amide bonds. The van der Waals surface area contributed by atoms with E-state index in [0.29, 0.717) is 0 Å². The van der Waals surface area contributed by atoms with Gasteiger partial charge in [-0.2, -0.15) is 65.9 Å². The maximum Gasteiger partial charge on any atom is 0.454 e. The van der Waals surface area contributed by atoms with E-state index >= 15 is 0 Å². The Kier molecular flexibility index (Phi) is 5.11. The maximum absolute atomic E-state index is 13.0. The number of alkyl halides is 15. The van der Waals surface area contributed by atoms with Crippen LogP contribution in [0.2, 0.25) is 0 Å². The summed E-state index contributed by atoms with van der Waals surface area (Å²) >= 11 is 0. The van der Waals surface area contributed by atoms with E-state index in [-0.39, 0.29) is 0 Å². The van der Waals surface area contributed by atoms with Crippen molar-refractivity contribution in [1.82, 2.24) is 0 Å². The normalized spacial score (nSPS) is 16.1. The second kappa shape index (κ2) is 5.46. The van der Waals surface area contributed by atoms with Gasteiger partial charge in [0.25, 0.3) is 0 Å². The highest BCUT2D eigenvalue weighted by Gasteiger charge is 2.96. The van der Waals surface area contributed by atoms with Gasteiger partial charge in [-0.05, 0) is 0 Å². The average molecular weight is 413 g/mol. The summed E-state index contributed by atoms with van der Waals surface area (Å²) in [6.45, 7) is 0. The van der Waals surface area contributed by atoms with Gasteiger partial charge in [0.15, 0.2) is 0 Å². The van der Waals surface area contributed by atoms with E-state index in [0.717, 1.165) is 0 Å². The van der Waals surface area contributed by atoms with Gasteiger partial charge in [-0.25, -0.2) is 0 Å². The molecule has 25 heavy (non-hydrogen) atoms. The second-order valence-electron chi connectivity index (χ2n) is 4.25. The van der Waals surface area contributed by atoms with Crippen LogP contribution in [-0.4, -0.2) is 42.3 Å². The van der Waals surface area contributed by atoms with Crippen LogP contribution in [0.3, 0.4) is 0 Å². The number of halogens is 15. The smallest absolute Gasteiger partial charge is 0.454 e. The molecule has 0 heterocycles. The van der Waals surface area contributed by atoms with Crippen LogP contribution in [-0.2, 0) is 4.79 Å². The van der Waals surface area contributed by atoms with Crippen LogP contribution in [0.5, 0.6) is 0 Å². The van der Waals surface area contributed by atoms with Gasteiger partial charge in [0, 0.05) is 0 Å². The molecule has 0 aromatic carbocycles. The zero-order valence-corrected chi connectivity index (χ0v) is 10.5. The molecule has 0 spiro atoms. The summed E-state index contributed by atoms with van der Waals surface area (Å²) in [5.41, 5.74) is -8.43. The van der Waals surface area contributed by atoms with Crippen LogP contribution < -0.4 is 5.11 Å². The first-order valence-corrected chi connectivity index (χ1v) is 4.99. The lowest BCUT2D eigenvalue weighted by atomic mass is 9.68. The van der Waals surface area contributed by atoms with Crippen molar-refractivity contribution in [2.24, 2.45) is 5.41 Å². The molecule has 0 atom stereocenters. The fourth-order valence-electron chi connectivity index (χ4n) is 1.61. The Labute approximate surface area is 125 Å². The number of carboxylic acids is 1. The van der Waals surface area contributed by atoms with Crippen LogP contribution in [0, 0.1) is 5.41 Å². The fraction of sp³-hybridized carbons (Fsp3) is 0.875. The highest BCUT2D eigenvalue weighted by molar-refractivity contribution is 5.78. The molecule has 0 aliphatic rings. The van der Waals surface area contributed by atoms with Crippen molar-refractivity contribution in [3.05, 3.63) is 0 Å². The molecule has 0 aliphatic carbocycles. The van der Waals surface area contributed by atoms with Crippen molar-refractivity contribution < 1.29 is 75.8 Å². The van der Waals surface area contributed by atoms with Crippen molar-refractivity contribution in [2.45, 2.75) is 36.3 Å². The van der Waals surface area contributed by atoms with Crippen LogP contribution in [0.25, 0.3) is 0 Å². The molecule has 0 aromatic rings. The molecule has 0 radical (unpaired) electrons. The Morgan fingerprint density at radius 1 is 0.480 bits per heavy atom. The quantitative estimate of drug-likeness (QED) is 0.664. The van der Waals surface area contributed by atoms with Gasteiger partial charge in [0.1, 0.15) is 0 Å². The molecule has 0 rings (SSSR count). The summed E-state index contributed by atoms with van der Waals surface area (Å²) in [5, 5.41) is 10.3. The number of hydrogen-bond acceptors (Lipinski definition) is 2. The summed E-state index contributed by atoms with van der Waals surface area (Å²) in [5.74, 6) is -30.7. The molecule has 2 nitrogen and oxygen atoms in total. The lowest BCUT2D eigenvalue weighted by Gasteiger charge is -2.49. The SMILES string of the molecule is O=C([O-])C(C(F)(F)C(F)(F)F)(C(F)(F)C(F)(F)F)C(F)(F)C(F)(F)F. The third-order valence-electron chi connectivity index (χ3n) is 2.79. The third kappa shape index (κ3) is 2.74. The molecule has 0 aromatic heterocycles. The molecule has 150 valence electrons. The molecular formula is C8F15O2-. The van der Waals surface area contributed by atoms with Crippen molar-refractivity contribution in [2.75, 3.05) is 0 Å². The van der Waals surface area contributed by atoms with E-state index in [1.807, 2.05) is 0 Å². The van der Waals surface area contributed by atoms with Gasteiger partial charge in [-0.3, -0.25) is 0 Å². The van der Waals surface area contributed by atoms with E-state index < -0.39 is 47.7 Å². The molecule has 17 heteroatoms. The van der Waals surface area contributed by atoms with Crippen molar-refractivity contribution in [3.63, 3.8) is 0 Å². The molecule has 0 saturated heterocycles. The van der Waals surface area contributed by atoms with Gasteiger partial charge in [0.05, 0.1) is 5.97 Å². The minimum absolute atomic E-state index is 5.33. The summed E-state index contributed by atoms with van der Waals surface area (Å²) < 4.78 is 187. The van der Waals surface area contributed by atoms with E-state index in [9.17, 15) is 75.8 Å². The monoisotopic (exact) mass is 413 g/mol. The lowest BCUT2D eigenvalue weighted by Crippen LogP contribution is -2.80. The standard InChI is InChI=1S/C8HF15O2/c9-3(10,6(15,16)17)2(1(24)25,4(11,12)7(18,19)20)5(13,14)8(21,22)23/h(H,24,25)/p-1. The minimum Gasteiger partial charge on any atom is -0.549 e. The Hall–Kier alpha value is -1.58. The van der Waals surface area contributed by atoms with Gasteiger partial charge in [0.2, 0.25) is 5.41 Å². The second-order valence-corrected chi connectivity index (χ2v) is 4.25. The maximum atomic E-state index is 13.0. The van der Waals surface area contributed by atoms with Crippen LogP contribution >= 0.6 is 0 Å². The Balaban J connectivity index is 7.56. The molecule has 0 bridgehead atoms. The Morgan fingerprint density at radius 3 is 0.720 bits per heavy atom. The number of carbonyl (C=O) groups excluding carboxylic acids is 1. The topological polar surface area (TPSA) is 40.1 Å². The molecule has 0 unspecified atom stereocenters. The van der Waals surface area contributed by atoms with Gasteiger partial charge in [-0.15, -0.1) is 0 Å². The van der Waals surface area contributed by atoms with Gasteiger partial charge >= 0.3 is 36.3 Å². The van der Waals surface area contributed by atoms with Crippen LogP contribution in [0.15, 0.2) is 0 Å². The lowest BCUT2D eigenvalue weighted by molar-refractivity contribution is -0.481. The van der Waals surface area contributed by atoms with E-state index in [2.05, 4.69) is 0 Å². The molecule has 0 N–H and O–H groups in total. The fourth-order valence-corrected chi connectivity index (χ4v) is 1.61. The third-order valence-corrected chi connectivity index (χ3v) is 2.79. The van der Waals surface area contributed by atoms with E-state index in [1.165, 1.54) is 0 Å². The number of rotatable bonds is 4. The highest BCUT2D eigenvalue weighted by Crippen LogP contribution is 2.68. The predicted molar refractivity (Wildman–Crippen MR) is 40.4 cm³/mol. The Bertz CT molecular complexity index is 457. The first kappa shape index (κ1) is 23.4. The molecular weight excluding hydrogens is 413 g/mol. The van der Waals surface area contributed by atoms with Crippen molar-refractivity contribution in [3.8, 4) is 0 Å². The summed E-state index contributed by atoms with van der Waals surface area (Å²) in [4.78, 5) is 10.3. The average Bonchev–Trinajstić information content (AvgIpc) is 2.22. The zero-order chi connectivity index (χ0) is 21.1. The number of aliphatic carboxylic acids is 1. The molecule has 0 aliphatic heterocycles. The van der Waals surface area contributed by atoms with E-state index in [1.54, 1.807) is 0 Å². The first-order valence-electron chi connectivity index (χ1n) is 4.99. The van der Waals surface area contributed by atoms with Gasteiger partial charge < -0.3 is 9.90 Å². The van der Waals surface area contributed by atoms with Crippen LogP contribution in [0.1, 0.15) is 0 Å². The number of carbonyl (C=O) groups is 1. The van der Waals surface area contributed by atoms with Crippen LogP contribution in [0.4, 0.5) is 65.9 Å². The molecule has 0 saturated carbocycles. The van der Waals surface area contributed by atoms with Crippen molar-refractivity contribution >= 4 is 5.97 Å². The zero-order valence-electron chi connectivity index (χ0n) is 10.5. The Morgan fingerprint density at radius 2 is 0.640 bits per heavy atom. The van der Waals surface area contributed by atoms with E-state index in [4.69, 9.17) is 0 Å². The van der Waals surface area contributed by atoms with Gasteiger partial charge in [-0.1, -0.05) is 0 Å². The highest BCUT2D eigenvalue weighted by atomic mass is 19.4. The number of carboxylic acid groups (broad SMARTS) is 1. The van der Waals surface area contributed by atoms with Crippen molar-refractivity contribution in [1.29, 1.82) is 0 Å². The minimum atomic E-state index is -8.45. The predicted octanol–water partition coefficient (Wildman–Crippen LogP) is 3.32. The number of hydrogen-bond donors (Lipinski definition) is 0.